The summed E-state index contributed by atoms with van der Waals surface area (Å²) in [5, 5.41) is 27.2. The van der Waals surface area contributed by atoms with Gasteiger partial charge in [-0.1, -0.05) is 42.5 Å². The quantitative estimate of drug-likeness (QED) is 0.164. The number of imidazole rings is 1. The number of carbonyl (C=O) groups excluding carboxylic acids is 2. The number of fused-ring (bicyclic) bond motifs is 1. The number of aliphatic hydroxyl groups excluding tert-OH is 2. The van der Waals surface area contributed by atoms with Gasteiger partial charge in [-0.05, 0) is 42.7 Å². The molecule has 4 N–H and O–H groups in total. The highest BCUT2D eigenvalue weighted by atomic mass is 19.4. The molecule has 15 heteroatoms. The summed E-state index contributed by atoms with van der Waals surface area (Å²) in [7, 11) is 0. The highest BCUT2D eigenvalue weighted by Gasteiger charge is 2.38. The first kappa shape index (κ1) is 36.9. The number of alkyl halides is 3. The third-order valence-electron chi connectivity index (χ3n) is 9.34. The van der Waals surface area contributed by atoms with Crippen molar-refractivity contribution >= 4 is 11.8 Å². The standard InChI is InChI=1S/C37H42F3N7O5/c38-37(39,40)23-42-36(51)31-21-45(18-27-19-47(24-43-27)28-8-2-1-3-9-28)13-14-46(31)20-29(48)16-26(15-25-7-6-12-41-17-25)35(50)44-34-30-10-4-5-11-33(30)52-22-32(34)49/h1-12,17,19,24,26,29,31-32,34,48-49H,13-16,18,20-23H2,(H,42,51)(H,44,50)/t26-,29+,31+,32-,34?/m1/s1. The molecule has 2 amide bonds. The van der Waals surface area contributed by atoms with Crippen LogP contribution in [0.2, 0.25) is 0 Å². The predicted octanol–water partition coefficient (Wildman–Crippen LogP) is 2.65. The molecular formula is C37H42F3N7O5. The fourth-order valence-electron chi connectivity index (χ4n) is 6.76. The lowest BCUT2D eigenvalue weighted by atomic mass is 9.91. The molecule has 12 nitrogen and oxygen atoms in total. The number of nitrogens with one attached hydrogen (secondary N) is 2. The third kappa shape index (κ3) is 9.73. The molecule has 2 aromatic heterocycles. The minimum atomic E-state index is -4.59. The van der Waals surface area contributed by atoms with Crippen molar-refractivity contribution in [2.75, 3.05) is 39.3 Å². The average molecular weight is 722 g/mol. The SMILES string of the molecule is O=C(NC1c2ccccc2OC[C@H]1O)[C@H](Cc1cccnc1)C[C@H](O)CN1CCN(Cc2cn(-c3ccccc3)cn2)C[C@H]1C(=O)NCC(F)(F)F. The summed E-state index contributed by atoms with van der Waals surface area (Å²) >= 11 is 0. The first-order valence-corrected chi connectivity index (χ1v) is 17.2. The molecule has 0 saturated carbocycles. The van der Waals surface area contributed by atoms with Gasteiger partial charge < -0.3 is 30.2 Å². The van der Waals surface area contributed by atoms with Crippen molar-refractivity contribution in [2.45, 2.75) is 49.9 Å². The second kappa shape index (κ2) is 16.7. The summed E-state index contributed by atoms with van der Waals surface area (Å²) < 4.78 is 46.8. The lowest BCUT2D eigenvalue weighted by Gasteiger charge is -2.41. The van der Waals surface area contributed by atoms with Crippen LogP contribution in [-0.4, -0.2) is 110 Å². The van der Waals surface area contributed by atoms with Crippen LogP contribution in [0.4, 0.5) is 13.2 Å². The number of amides is 2. The number of rotatable bonds is 13. The molecule has 4 heterocycles. The predicted molar refractivity (Wildman–Crippen MR) is 184 cm³/mol. The number of ether oxygens (including phenoxy) is 1. The first-order valence-electron chi connectivity index (χ1n) is 17.2. The molecule has 4 aromatic rings. The van der Waals surface area contributed by atoms with Gasteiger partial charge in [-0.25, -0.2) is 4.98 Å². The van der Waals surface area contributed by atoms with Crippen molar-refractivity contribution in [3.8, 4) is 11.4 Å². The number of hydrogen-bond donors (Lipinski definition) is 4. The van der Waals surface area contributed by atoms with Crippen molar-refractivity contribution in [1.82, 2.24) is 35.0 Å². The number of aromatic nitrogens is 3. The van der Waals surface area contributed by atoms with Gasteiger partial charge in [0.25, 0.3) is 0 Å². The van der Waals surface area contributed by atoms with Crippen LogP contribution >= 0.6 is 0 Å². The highest BCUT2D eigenvalue weighted by Crippen LogP contribution is 2.32. The van der Waals surface area contributed by atoms with Crippen LogP contribution in [0.1, 0.15) is 29.3 Å². The Hall–Kier alpha value is -4.83. The number of nitrogens with zero attached hydrogens (tertiary/aromatic N) is 5. The van der Waals surface area contributed by atoms with E-state index in [2.05, 4.69) is 15.3 Å². The molecule has 52 heavy (non-hydrogen) atoms. The summed E-state index contributed by atoms with van der Waals surface area (Å²) in [6.07, 6.45) is 0.305. The van der Waals surface area contributed by atoms with Gasteiger partial charge in [0.1, 0.15) is 31.0 Å². The Morgan fingerprint density at radius 3 is 2.60 bits per heavy atom. The molecule has 2 aliphatic heterocycles. The maximum Gasteiger partial charge on any atom is 0.405 e. The average Bonchev–Trinajstić information content (AvgIpc) is 3.61. The van der Waals surface area contributed by atoms with Crippen molar-refractivity contribution in [1.29, 1.82) is 0 Å². The zero-order valence-corrected chi connectivity index (χ0v) is 28.4. The molecule has 1 saturated heterocycles. The summed E-state index contributed by atoms with van der Waals surface area (Å²) in [4.78, 5) is 39.4. The number of para-hydroxylation sites is 2. The Morgan fingerprint density at radius 2 is 1.83 bits per heavy atom. The van der Waals surface area contributed by atoms with E-state index in [1.165, 1.54) is 0 Å². The van der Waals surface area contributed by atoms with Crippen LogP contribution < -0.4 is 15.4 Å². The molecule has 6 rings (SSSR count). The number of halogens is 3. The molecule has 0 bridgehead atoms. The van der Waals surface area contributed by atoms with Gasteiger partial charge in [0.05, 0.1) is 24.2 Å². The third-order valence-corrected chi connectivity index (χ3v) is 9.34. The number of pyridine rings is 1. The molecule has 1 unspecified atom stereocenters. The van der Waals surface area contributed by atoms with Gasteiger partial charge in [0, 0.05) is 68.5 Å². The Bertz CT molecular complexity index is 1780. The molecular weight excluding hydrogens is 679 g/mol. The Morgan fingerprint density at radius 1 is 1.04 bits per heavy atom. The van der Waals surface area contributed by atoms with E-state index < -0.39 is 54.7 Å². The van der Waals surface area contributed by atoms with Crippen LogP contribution in [-0.2, 0) is 22.6 Å². The Labute approximate surface area is 299 Å². The molecule has 5 atom stereocenters. The van der Waals surface area contributed by atoms with E-state index in [0.29, 0.717) is 24.4 Å². The second-order valence-corrected chi connectivity index (χ2v) is 13.2. The molecule has 0 radical (unpaired) electrons. The maximum atomic E-state index is 13.9. The van der Waals surface area contributed by atoms with Crippen LogP contribution in [0.3, 0.4) is 0 Å². The lowest BCUT2D eigenvalue weighted by molar-refractivity contribution is -0.143. The van der Waals surface area contributed by atoms with Gasteiger partial charge in [-0.2, -0.15) is 13.2 Å². The molecule has 2 aliphatic rings. The molecule has 1 fully saturated rings. The minimum Gasteiger partial charge on any atom is -0.490 e. The zero-order valence-electron chi connectivity index (χ0n) is 28.4. The molecule has 0 spiro atoms. The van der Waals surface area contributed by atoms with E-state index in [-0.39, 0.29) is 39.1 Å². The maximum absolute atomic E-state index is 13.9. The van der Waals surface area contributed by atoms with E-state index in [4.69, 9.17) is 4.74 Å². The Kier molecular flexibility index (Phi) is 11.8. The number of aliphatic hydroxyl groups is 2. The van der Waals surface area contributed by atoms with E-state index >= 15 is 0 Å². The number of benzene rings is 2. The van der Waals surface area contributed by atoms with E-state index in [1.807, 2.05) is 57.4 Å². The van der Waals surface area contributed by atoms with E-state index in [9.17, 15) is 33.0 Å². The van der Waals surface area contributed by atoms with Gasteiger partial charge in [-0.3, -0.25) is 24.4 Å². The van der Waals surface area contributed by atoms with Crippen LogP contribution in [0, 0.1) is 5.92 Å². The van der Waals surface area contributed by atoms with Crippen molar-refractivity contribution < 1.29 is 37.7 Å². The van der Waals surface area contributed by atoms with Crippen molar-refractivity contribution in [2.24, 2.45) is 5.92 Å². The summed E-state index contributed by atoms with van der Waals surface area (Å²) in [5.74, 6) is -1.41. The molecule has 276 valence electrons. The van der Waals surface area contributed by atoms with E-state index in [0.717, 1.165) is 16.9 Å². The molecule has 0 aliphatic carbocycles. The summed E-state index contributed by atoms with van der Waals surface area (Å²) in [6, 6.07) is 18.6. The van der Waals surface area contributed by atoms with Gasteiger partial charge in [0.2, 0.25) is 11.8 Å². The first-order chi connectivity index (χ1) is 25.0. The topological polar surface area (TPSA) is 145 Å². The normalized spacial score (nSPS) is 20.7. The Balaban J connectivity index is 1.15. The highest BCUT2D eigenvalue weighted by molar-refractivity contribution is 5.82. The fourth-order valence-corrected chi connectivity index (χ4v) is 6.76. The minimum absolute atomic E-state index is 0.00343. The van der Waals surface area contributed by atoms with Gasteiger partial charge in [0.15, 0.2) is 0 Å². The largest absolute Gasteiger partial charge is 0.490 e. The van der Waals surface area contributed by atoms with Crippen molar-refractivity contribution in [3.63, 3.8) is 0 Å². The lowest BCUT2D eigenvalue weighted by Crippen LogP contribution is -2.60. The van der Waals surface area contributed by atoms with Crippen molar-refractivity contribution in [3.05, 3.63) is 108 Å². The van der Waals surface area contributed by atoms with Gasteiger partial charge >= 0.3 is 6.18 Å². The van der Waals surface area contributed by atoms with Crippen LogP contribution in [0.15, 0.2) is 91.6 Å². The number of hydrogen-bond acceptors (Lipinski definition) is 9. The number of piperazine rings is 1. The van der Waals surface area contributed by atoms with Gasteiger partial charge in [-0.15, -0.1) is 0 Å². The summed E-state index contributed by atoms with van der Waals surface area (Å²) in [6.45, 7) is -0.311. The van der Waals surface area contributed by atoms with Crippen LogP contribution in [0.25, 0.3) is 5.69 Å². The smallest absolute Gasteiger partial charge is 0.405 e. The van der Waals surface area contributed by atoms with Crippen LogP contribution in [0.5, 0.6) is 5.75 Å². The number of β-amino-alcohol motifs (C(OH)–C–C–N with tert-alkyl or cyclic N) is 1. The fraction of sp³-hybridized carbons (Fsp3) is 0.405. The zero-order chi connectivity index (χ0) is 36.7. The van der Waals surface area contributed by atoms with E-state index in [1.54, 1.807) is 54.0 Å². The second-order valence-electron chi connectivity index (χ2n) is 13.2. The molecule has 2 aromatic carbocycles. The summed E-state index contributed by atoms with van der Waals surface area (Å²) in [5.41, 5.74) is 3.05. The number of carbonyl (C=O) groups is 2. The monoisotopic (exact) mass is 721 g/mol.